The van der Waals surface area contributed by atoms with Crippen LogP contribution in [-0.2, 0) is 41.7 Å². The van der Waals surface area contributed by atoms with Gasteiger partial charge in [-0.25, -0.2) is 0 Å². The van der Waals surface area contributed by atoms with Crippen molar-refractivity contribution in [1.82, 2.24) is 0 Å². The van der Waals surface area contributed by atoms with Crippen LogP contribution < -0.4 is 0 Å². The lowest BCUT2D eigenvalue weighted by atomic mass is 9.83. The molecule has 0 spiro atoms. The molecule has 0 amide bonds. The molecule has 3 rings (SSSR count). The van der Waals surface area contributed by atoms with E-state index in [1.54, 1.807) is 0 Å². The summed E-state index contributed by atoms with van der Waals surface area (Å²) in [5.41, 5.74) is -51.3. The molecule has 3 aromatic carbocycles. The minimum absolute atomic E-state index is 0.0489. The predicted molar refractivity (Wildman–Crippen MR) is 264 cm³/mol. The summed E-state index contributed by atoms with van der Waals surface area (Å²) in [6.45, 7) is 0. The number of unbranched alkanes of at least 4 members (excludes halogenated alkanes) is 1. The van der Waals surface area contributed by atoms with E-state index in [2.05, 4.69) is 0 Å². The second-order valence-electron chi connectivity index (χ2n) is 22.3. The molecule has 0 saturated heterocycles. The minimum atomic E-state index is -7.13. The smallest absolute Gasteiger partial charge is 0.373 e. The summed E-state index contributed by atoms with van der Waals surface area (Å²) in [6, 6.07) is -3.06. The van der Waals surface area contributed by atoms with Crippen LogP contribution in [-0.4, -0.2) is 124 Å². The predicted octanol–water partition coefficient (Wildman–Crippen LogP) is 18.4. The molecule has 43 heteroatoms. The molecule has 0 saturated carbocycles. The molecule has 97 heavy (non-hydrogen) atoms. The van der Waals surface area contributed by atoms with Gasteiger partial charge in [-0.15, -0.1) is 0 Å². The van der Waals surface area contributed by atoms with E-state index in [-0.39, 0.29) is 23.3 Å². The maximum atomic E-state index is 14.2. The van der Waals surface area contributed by atoms with Gasteiger partial charge in [0.05, 0.1) is 8.07 Å². The second-order valence-corrected chi connectivity index (χ2v) is 27.3. The average Bonchev–Trinajstić information content (AvgIpc) is 0.732. The monoisotopic (exact) mass is 1500 g/mol. The van der Waals surface area contributed by atoms with Crippen LogP contribution in [0.15, 0.2) is 78.9 Å². The fourth-order valence-corrected chi connectivity index (χ4v) is 15.4. The van der Waals surface area contributed by atoms with Crippen LogP contribution in [0, 0.1) is 0 Å². The van der Waals surface area contributed by atoms with E-state index >= 15 is 0 Å². The number of alkyl halides is 36. The summed E-state index contributed by atoms with van der Waals surface area (Å²) in [6.07, 6.45) is -92.8. The van der Waals surface area contributed by atoms with Crippen LogP contribution in [0.4, 0.5) is 158 Å². The van der Waals surface area contributed by atoms with Gasteiger partial charge in [0.15, 0.2) is 0 Å². The SMILES string of the molecule is OC(C/C=C/CCC[Si](CCCc1ccc(/C=C/CC(O)(C(F)(F)F)C(F)(F)F)cc1)(CCCc1cc(C(O)(C(F)(F)F)C(F)(F)F)cc(C(O)(C(F)(F)F)C(F)(F)F)c1)CCCc1cc(C(O)(C(F)(F)F)C(F)(F)F)cc(C(O)(C(F)(F)F)C(F)(F)F)c1)(C(F)(F)F)C(F)(F)F. The maximum Gasteiger partial charge on any atom is 0.430 e. The molecule has 6 nitrogen and oxygen atoms in total. The summed E-state index contributed by atoms with van der Waals surface area (Å²) >= 11 is 0. The van der Waals surface area contributed by atoms with Crippen molar-refractivity contribution < 1.29 is 189 Å². The molecule has 556 valence electrons. The van der Waals surface area contributed by atoms with Crippen molar-refractivity contribution in [1.29, 1.82) is 0 Å². The van der Waals surface area contributed by atoms with Crippen LogP contribution in [0.1, 0.15) is 89.5 Å². The minimum Gasteiger partial charge on any atom is -0.373 e. The molecule has 0 fully saturated rings. The van der Waals surface area contributed by atoms with Crippen LogP contribution >= 0.6 is 0 Å². The number of rotatable bonds is 25. The summed E-state index contributed by atoms with van der Waals surface area (Å²) in [7, 11) is -4.23. The fourth-order valence-electron chi connectivity index (χ4n) is 10.1. The van der Waals surface area contributed by atoms with Gasteiger partial charge in [0.25, 0.3) is 33.6 Å². The molecule has 0 bridgehead atoms. The Morgan fingerprint density at radius 2 is 0.505 bits per heavy atom. The topological polar surface area (TPSA) is 121 Å². The van der Waals surface area contributed by atoms with Crippen LogP contribution in [0.25, 0.3) is 6.08 Å². The van der Waals surface area contributed by atoms with E-state index in [0.29, 0.717) is 12.2 Å². The van der Waals surface area contributed by atoms with Gasteiger partial charge in [0.1, 0.15) is 0 Å². The van der Waals surface area contributed by atoms with Gasteiger partial charge in [-0.3, -0.25) is 0 Å². The molecular weight excluding hydrogens is 1460 g/mol. The van der Waals surface area contributed by atoms with Crippen LogP contribution in [0.3, 0.4) is 0 Å². The molecular formula is C54H48F36O6Si. The van der Waals surface area contributed by atoms with Crippen molar-refractivity contribution in [3.05, 3.63) is 123 Å². The van der Waals surface area contributed by atoms with Gasteiger partial charge >= 0.3 is 74.1 Å². The molecule has 0 heterocycles. The number of allylic oxidation sites excluding steroid dienone is 1. The van der Waals surface area contributed by atoms with Gasteiger partial charge in [-0.05, 0) is 60.1 Å². The number of aryl methyl sites for hydroxylation is 3. The van der Waals surface area contributed by atoms with E-state index in [4.69, 9.17) is 0 Å². The lowest BCUT2D eigenvalue weighted by Crippen LogP contribution is -2.56. The van der Waals surface area contributed by atoms with Gasteiger partial charge in [0, 0.05) is 35.1 Å². The van der Waals surface area contributed by atoms with E-state index in [9.17, 15) is 189 Å². The Morgan fingerprint density at radius 3 is 0.753 bits per heavy atom. The Kier molecular flexibility index (Phi) is 24.9. The van der Waals surface area contributed by atoms with Crippen LogP contribution in [0.2, 0.25) is 24.2 Å². The summed E-state index contributed by atoms with van der Waals surface area (Å²) in [4.78, 5) is 0. The summed E-state index contributed by atoms with van der Waals surface area (Å²) < 4.78 is 501. The fraction of sp³-hybridized carbons (Fsp3) is 0.593. The number of hydrogen-bond acceptors (Lipinski definition) is 6. The molecule has 0 unspecified atom stereocenters. The second kappa shape index (κ2) is 28.2. The van der Waals surface area contributed by atoms with E-state index in [1.165, 1.54) is 0 Å². The zero-order chi connectivity index (χ0) is 75.9. The Balaban J connectivity index is 2.46. The highest BCUT2D eigenvalue weighted by molar-refractivity contribution is 6.79. The standard InChI is InChI=1S/C54H48F36O6Si/c55-43(56,57)37(91,44(58,59)60)17-3-1-2-4-19-97(20-6-10-30-15-13-29(14-16-30)9-5-18-38(92,45(61,62)63)46(64,65)66,21-7-11-31-23-33(39(93,47(67,68)69)48(70,71)72)27-34(24-31)40(94,49(73,74)75)50(76,77)78)22-8-12-32-25-35(41(95,51(79,80)81)52(82,83)84)28-36(26-32)42(96,53(85,86)87)54(88,89)90/h1,3,5,9,13-16,23-28,91-96H,2,4,6-8,10-12,17-22H2/b3-1+,9-5+. The van der Waals surface area contributed by atoms with Crippen molar-refractivity contribution in [2.75, 3.05) is 0 Å². The molecule has 0 aliphatic rings. The quantitative estimate of drug-likeness (QED) is 0.0218. The largest absolute Gasteiger partial charge is 0.430 e. The van der Waals surface area contributed by atoms with Crippen molar-refractivity contribution in [3.63, 3.8) is 0 Å². The third-order valence-corrected chi connectivity index (χ3v) is 21.4. The number of halogens is 36. The Morgan fingerprint density at radius 1 is 0.268 bits per heavy atom. The number of hydrogen-bond donors (Lipinski definition) is 6. The lowest BCUT2D eigenvalue weighted by molar-refractivity contribution is -0.379. The Bertz CT molecular complexity index is 2820. The third kappa shape index (κ3) is 17.9. The first-order chi connectivity index (χ1) is 42.9. The molecule has 0 atom stereocenters. The van der Waals surface area contributed by atoms with Gasteiger partial charge in [-0.2, -0.15) is 158 Å². The van der Waals surface area contributed by atoms with Crippen LogP contribution in [0.5, 0.6) is 0 Å². The highest BCUT2D eigenvalue weighted by atomic mass is 28.3. The molecule has 0 aliphatic carbocycles. The number of benzene rings is 3. The van der Waals surface area contributed by atoms with Gasteiger partial charge in [-0.1, -0.05) is 123 Å². The highest BCUT2D eigenvalue weighted by Crippen LogP contribution is 2.57. The lowest BCUT2D eigenvalue weighted by Gasteiger charge is -2.36. The molecule has 6 N–H and O–H groups in total. The van der Waals surface area contributed by atoms with Crippen molar-refractivity contribution in [3.8, 4) is 0 Å². The first-order valence-corrected chi connectivity index (χ1v) is 29.6. The molecule has 0 radical (unpaired) electrons. The average molecular weight is 1500 g/mol. The Hall–Kier alpha value is -5.40. The summed E-state index contributed by atoms with van der Waals surface area (Å²) in [5.74, 6) is 0. The van der Waals surface area contributed by atoms with Gasteiger partial charge in [0.2, 0.25) is 0 Å². The molecule has 0 aromatic heterocycles. The van der Waals surface area contributed by atoms with Crippen molar-refractivity contribution >= 4 is 14.1 Å². The third-order valence-electron chi connectivity index (χ3n) is 15.7. The van der Waals surface area contributed by atoms with E-state index in [1.807, 2.05) is 0 Å². The maximum absolute atomic E-state index is 14.2. The number of aliphatic hydroxyl groups is 6. The van der Waals surface area contributed by atoms with Crippen molar-refractivity contribution in [2.24, 2.45) is 0 Å². The highest BCUT2D eigenvalue weighted by Gasteiger charge is 2.77. The van der Waals surface area contributed by atoms with E-state index in [0.717, 1.165) is 24.3 Å². The van der Waals surface area contributed by atoms with Gasteiger partial charge < -0.3 is 30.6 Å². The van der Waals surface area contributed by atoms with E-state index < -0.39 is 274 Å². The Labute approximate surface area is 521 Å². The molecule has 3 aromatic rings. The zero-order valence-electron chi connectivity index (χ0n) is 47.8. The zero-order valence-corrected chi connectivity index (χ0v) is 48.8. The summed E-state index contributed by atoms with van der Waals surface area (Å²) in [5, 5.41) is 59.6. The first-order valence-electron chi connectivity index (χ1n) is 26.8. The molecule has 0 aliphatic heterocycles. The normalized spacial score (nSPS) is 15.4. The van der Waals surface area contributed by atoms with Crippen molar-refractivity contribution in [2.45, 2.75) is 196 Å². The first kappa shape index (κ1) is 85.8.